The number of hydrogen-bond acceptors (Lipinski definition) is 3. The molecule has 0 aromatic heterocycles. The van der Waals surface area contributed by atoms with Gasteiger partial charge in [0.15, 0.2) is 0 Å². The first-order valence-corrected chi connectivity index (χ1v) is 9.00. The second-order valence-electron chi connectivity index (χ2n) is 5.10. The van der Waals surface area contributed by atoms with Crippen LogP contribution >= 0.6 is 15.9 Å². The maximum Gasteiger partial charge on any atom is 0.208 e. The number of benzene rings is 1. The minimum atomic E-state index is -3.11. The van der Waals surface area contributed by atoms with Crippen LogP contribution in [0.1, 0.15) is 24.9 Å². The molecule has 1 aromatic carbocycles. The quantitative estimate of drug-likeness (QED) is 0.908. The smallest absolute Gasteiger partial charge is 0.208 e. The van der Waals surface area contributed by atoms with Gasteiger partial charge in [0.2, 0.25) is 10.0 Å². The molecule has 6 heteroatoms. The van der Waals surface area contributed by atoms with E-state index in [1.54, 1.807) is 0 Å². The molecule has 0 saturated carbocycles. The number of sulfonamides is 1. The van der Waals surface area contributed by atoms with Gasteiger partial charge in [-0.3, -0.25) is 4.90 Å². The molecule has 0 radical (unpaired) electrons. The molecule has 0 unspecified atom stereocenters. The molecule has 1 heterocycles. The zero-order valence-corrected chi connectivity index (χ0v) is 13.5. The van der Waals surface area contributed by atoms with E-state index < -0.39 is 10.0 Å². The summed E-state index contributed by atoms with van der Waals surface area (Å²) in [5, 5.41) is 0. The third-order valence-electron chi connectivity index (χ3n) is 3.48. The molecule has 19 heavy (non-hydrogen) atoms. The number of likely N-dealkylation sites (tertiary alicyclic amines) is 1. The lowest BCUT2D eigenvalue weighted by Crippen LogP contribution is -2.36. The number of nitrogens with zero attached hydrogens (tertiary/aromatic N) is 1. The summed E-state index contributed by atoms with van der Waals surface area (Å²) < 4.78 is 26.2. The summed E-state index contributed by atoms with van der Waals surface area (Å²) in [5.74, 6) is 0. The van der Waals surface area contributed by atoms with E-state index in [9.17, 15) is 8.42 Å². The number of rotatable bonds is 4. The summed E-state index contributed by atoms with van der Waals surface area (Å²) >= 11 is 3.48. The molecular formula is C13H19BrN2O2S. The lowest BCUT2D eigenvalue weighted by atomic mass is 10.1. The molecule has 2 atom stereocenters. The van der Waals surface area contributed by atoms with Gasteiger partial charge in [-0.1, -0.05) is 28.1 Å². The minimum absolute atomic E-state index is 0.0320. The van der Waals surface area contributed by atoms with Crippen LogP contribution in [0.5, 0.6) is 0 Å². The molecule has 0 spiro atoms. The fraction of sp³-hybridized carbons (Fsp3) is 0.538. The highest BCUT2D eigenvalue weighted by atomic mass is 79.9. The van der Waals surface area contributed by atoms with Crippen molar-refractivity contribution in [2.24, 2.45) is 0 Å². The maximum absolute atomic E-state index is 11.2. The van der Waals surface area contributed by atoms with Gasteiger partial charge in [0.1, 0.15) is 0 Å². The lowest BCUT2D eigenvalue weighted by molar-refractivity contribution is 0.258. The predicted octanol–water partition coefficient (Wildman–Crippen LogP) is 2.13. The van der Waals surface area contributed by atoms with E-state index >= 15 is 0 Å². The Hall–Kier alpha value is -0.430. The highest BCUT2D eigenvalue weighted by molar-refractivity contribution is 9.10. The molecular weight excluding hydrogens is 328 g/mol. The van der Waals surface area contributed by atoms with Gasteiger partial charge < -0.3 is 0 Å². The molecule has 1 aliphatic heterocycles. The topological polar surface area (TPSA) is 49.4 Å². The Kier molecular flexibility index (Phi) is 4.66. The fourth-order valence-corrected chi connectivity index (χ4v) is 3.73. The van der Waals surface area contributed by atoms with Crippen LogP contribution in [0, 0.1) is 0 Å². The Morgan fingerprint density at radius 1 is 1.47 bits per heavy atom. The summed E-state index contributed by atoms with van der Waals surface area (Å²) in [4.78, 5) is 2.31. The van der Waals surface area contributed by atoms with Crippen LogP contribution in [-0.2, 0) is 10.0 Å². The fourth-order valence-electron chi connectivity index (χ4n) is 2.52. The Balaban J connectivity index is 2.01. The largest absolute Gasteiger partial charge is 0.295 e. The molecule has 1 aromatic rings. The molecule has 1 aliphatic rings. The van der Waals surface area contributed by atoms with Gasteiger partial charge in [-0.15, -0.1) is 0 Å². The van der Waals surface area contributed by atoms with Crippen LogP contribution < -0.4 is 4.72 Å². The third kappa shape index (κ3) is 4.27. The molecule has 1 N–H and O–H groups in total. The van der Waals surface area contributed by atoms with E-state index in [1.807, 2.05) is 12.1 Å². The first-order valence-electron chi connectivity index (χ1n) is 6.32. The first kappa shape index (κ1) is 15.0. The third-order valence-corrected chi connectivity index (χ3v) is 4.73. The SMILES string of the molecule is C[C@H](c1cccc(Br)c1)N1CC[C@@H](NS(C)(=O)=O)C1. The van der Waals surface area contributed by atoms with Crippen molar-refractivity contribution < 1.29 is 8.42 Å². The average molecular weight is 347 g/mol. The van der Waals surface area contributed by atoms with Crippen molar-refractivity contribution in [3.8, 4) is 0 Å². The van der Waals surface area contributed by atoms with Gasteiger partial charge >= 0.3 is 0 Å². The van der Waals surface area contributed by atoms with Gasteiger partial charge in [0.25, 0.3) is 0 Å². The van der Waals surface area contributed by atoms with Gasteiger partial charge in [0, 0.05) is 29.6 Å². The van der Waals surface area contributed by atoms with Crippen LogP contribution in [0.25, 0.3) is 0 Å². The number of hydrogen-bond donors (Lipinski definition) is 1. The second-order valence-corrected chi connectivity index (χ2v) is 7.80. The Labute approximate surface area is 123 Å². The molecule has 2 rings (SSSR count). The van der Waals surface area contributed by atoms with Crippen molar-refractivity contribution in [2.45, 2.75) is 25.4 Å². The number of halogens is 1. The zero-order chi connectivity index (χ0) is 14.0. The van der Waals surface area contributed by atoms with Crippen LogP contribution in [0.2, 0.25) is 0 Å². The van der Waals surface area contributed by atoms with E-state index in [2.05, 4.69) is 44.6 Å². The highest BCUT2D eigenvalue weighted by Gasteiger charge is 2.28. The van der Waals surface area contributed by atoms with E-state index in [0.29, 0.717) is 6.04 Å². The Bertz CT molecular complexity index is 547. The summed E-state index contributed by atoms with van der Waals surface area (Å²) in [6, 6.07) is 8.58. The normalized spacial score (nSPS) is 22.6. The van der Waals surface area contributed by atoms with Crippen molar-refractivity contribution in [1.82, 2.24) is 9.62 Å². The molecule has 0 bridgehead atoms. The second kappa shape index (κ2) is 5.91. The summed E-state index contributed by atoms with van der Waals surface area (Å²) in [6.07, 6.45) is 2.08. The van der Waals surface area contributed by atoms with Crippen molar-refractivity contribution in [3.63, 3.8) is 0 Å². The standard InChI is InChI=1S/C13H19BrN2O2S/c1-10(11-4-3-5-12(14)8-11)16-7-6-13(9-16)15-19(2,17)18/h3-5,8,10,13,15H,6-7,9H2,1-2H3/t10-,13-/m1/s1. The van der Waals surface area contributed by atoms with E-state index in [-0.39, 0.29) is 6.04 Å². The van der Waals surface area contributed by atoms with Crippen molar-refractivity contribution in [3.05, 3.63) is 34.3 Å². The van der Waals surface area contributed by atoms with E-state index in [1.165, 1.54) is 11.8 Å². The molecule has 0 amide bonds. The minimum Gasteiger partial charge on any atom is -0.295 e. The highest BCUT2D eigenvalue weighted by Crippen LogP contribution is 2.26. The lowest BCUT2D eigenvalue weighted by Gasteiger charge is -2.25. The van der Waals surface area contributed by atoms with Crippen molar-refractivity contribution in [1.29, 1.82) is 0 Å². The average Bonchev–Trinajstić information content (AvgIpc) is 2.74. The Morgan fingerprint density at radius 2 is 2.21 bits per heavy atom. The van der Waals surface area contributed by atoms with E-state index in [4.69, 9.17) is 0 Å². The monoisotopic (exact) mass is 346 g/mol. The van der Waals surface area contributed by atoms with Crippen LogP contribution in [0.15, 0.2) is 28.7 Å². The van der Waals surface area contributed by atoms with Gasteiger partial charge in [0.05, 0.1) is 6.26 Å². The molecule has 1 fully saturated rings. The Morgan fingerprint density at radius 3 is 2.84 bits per heavy atom. The van der Waals surface area contributed by atoms with E-state index in [0.717, 1.165) is 24.0 Å². The summed E-state index contributed by atoms with van der Waals surface area (Å²) in [7, 11) is -3.11. The molecule has 1 saturated heterocycles. The number of nitrogens with one attached hydrogen (secondary N) is 1. The molecule has 4 nitrogen and oxygen atoms in total. The first-order chi connectivity index (χ1) is 8.85. The van der Waals surface area contributed by atoms with Gasteiger partial charge in [-0.05, 0) is 31.0 Å². The predicted molar refractivity (Wildman–Crippen MR) is 80.5 cm³/mol. The maximum atomic E-state index is 11.2. The van der Waals surface area contributed by atoms with Gasteiger partial charge in [-0.25, -0.2) is 13.1 Å². The summed E-state index contributed by atoms with van der Waals surface area (Å²) in [5.41, 5.74) is 1.24. The van der Waals surface area contributed by atoms with Crippen LogP contribution in [0.3, 0.4) is 0 Å². The molecule has 106 valence electrons. The van der Waals surface area contributed by atoms with Crippen molar-refractivity contribution in [2.75, 3.05) is 19.3 Å². The van der Waals surface area contributed by atoms with Crippen LogP contribution in [-0.4, -0.2) is 38.7 Å². The van der Waals surface area contributed by atoms with Gasteiger partial charge in [-0.2, -0.15) is 0 Å². The summed E-state index contributed by atoms with van der Waals surface area (Å²) in [6.45, 7) is 3.84. The zero-order valence-electron chi connectivity index (χ0n) is 11.1. The van der Waals surface area contributed by atoms with Crippen LogP contribution in [0.4, 0.5) is 0 Å². The van der Waals surface area contributed by atoms with Crippen molar-refractivity contribution >= 4 is 26.0 Å². The molecule has 0 aliphatic carbocycles.